The van der Waals surface area contributed by atoms with Gasteiger partial charge in [-0.1, -0.05) is 30.3 Å². The van der Waals surface area contributed by atoms with Gasteiger partial charge in [-0.3, -0.25) is 0 Å². The summed E-state index contributed by atoms with van der Waals surface area (Å²) in [5, 5.41) is 10.0. The van der Waals surface area contributed by atoms with E-state index in [-0.39, 0.29) is 0 Å². The zero-order valence-electron chi connectivity index (χ0n) is 12.4. The van der Waals surface area contributed by atoms with Crippen LogP contribution in [-0.2, 0) is 6.54 Å². The molecule has 2 aromatic carbocycles. The van der Waals surface area contributed by atoms with E-state index in [1.165, 1.54) is 0 Å². The lowest BCUT2D eigenvalue weighted by atomic mass is 10.2. The van der Waals surface area contributed by atoms with Gasteiger partial charge in [0.05, 0.1) is 0 Å². The molecule has 3 N–H and O–H groups in total. The van der Waals surface area contributed by atoms with Gasteiger partial charge >= 0.3 is 0 Å². The Morgan fingerprint density at radius 1 is 1.14 bits per heavy atom. The molecular weight excluding hydrogens is 264 g/mol. The third kappa shape index (κ3) is 3.97. The zero-order chi connectivity index (χ0) is 15.2. The Bertz CT molecular complexity index is 558. The van der Waals surface area contributed by atoms with E-state index in [0.29, 0.717) is 6.54 Å². The summed E-state index contributed by atoms with van der Waals surface area (Å²) in [5.74, 6) is 0.727. The van der Waals surface area contributed by atoms with Crippen LogP contribution in [0.5, 0.6) is 5.75 Å². The van der Waals surface area contributed by atoms with Gasteiger partial charge in [0.2, 0.25) is 0 Å². The minimum atomic E-state index is -0.642. The molecule has 0 aliphatic heterocycles. The normalized spacial score (nSPS) is 13.5. The molecule has 0 radical (unpaired) electrons. The highest BCUT2D eigenvalue weighted by Gasteiger charge is 2.22. The molecule has 2 aromatic rings. The van der Waals surface area contributed by atoms with Crippen LogP contribution in [0.2, 0.25) is 0 Å². The number of ether oxygens (including phenoxy) is 1. The van der Waals surface area contributed by atoms with E-state index in [9.17, 15) is 5.11 Å². The maximum absolute atomic E-state index is 10.0. The van der Waals surface area contributed by atoms with Gasteiger partial charge in [-0.05, 0) is 36.8 Å². The van der Waals surface area contributed by atoms with Crippen molar-refractivity contribution in [2.45, 2.75) is 25.8 Å². The number of aliphatic hydroxyl groups is 1. The number of benzene rings is 2. The van der Waals surface area contributed by atoms with Gasteiger partial charge in [-0.25, -0.2) is 0 Å². The fourth-order valence-electron chi connectivity index (χ4n) is 2.19. The molecule has 0 aliphatic carbocycles. The molecular formula is C17H22N2O2. The Balaban J connectivity index is 2.20. The number of para-hydroxylation sites is 1. The summed E-state index contributed by atoms with van der Waals surface area (Å²) in [6, 6.07) is 17.4. The molecule has 0 heterocycles. The van der Waals surface area contributed by atoms with Gasteiger partial charge in [0, 0.05) is 19.3 Å². The monoisotopic (exact) mass is 286 g/mol. The lowest BCUT2D eigenvalue weighted by Crippen LogP contribution is -2.44. The number of aliphatic hydroxyl groups excluding tert-OH is 1. The Morgan fingerprint density at radius 2 is 1.86 bits per heavy atom. The van der Waals surface area contributed by atoms with Crippen LogP contribution in [0.1, 0.15) is 12.5 Å². The topological polar surface area (TPSA) is 58.7 Å². The van der Waals surface area contributed by atoms with Crippen molar-refractivity contribution in [3.8, 4) is 5.75 Å². The van der Waals surface area contributed by atoms with Gasteiger partial charge in [-0.15, -0.1) is 0 Å². The first-order valence-electron chi connectivity index (χ1n) is 7.03. The fourth-order valence-corrected chi connectivity index (χ4v) is 2.19. The van der Waals surface area contributed by atoms with Crippen LogP contribution in [-0.4, -0.2) is 24.5 Å². The van der Waals surface area contributed by atoms with Crippen LogP contribution in [0.25, 0.3) is 0 Å². The van der Waals surface area contributed by atoms with Crippen molar-refractivity contribution in [1.82, 2.24) is 0 Å². The van der Waals surface area contributed by atoms with Crippen LogP contribution < -0.4 is 15.4 Å². The third-order valence-electron chi connectivity index (χ3n) is 3.35. The van der Waals surface area contributed by atoms with Crippen molar-refractivity contribution < 1.29 is 9.84 Å². The summed E-state index contributed by atoms with van der Waals surface area (Å²) in [6.07, 6.45) is -1.11. The molecule has 2 rings (SSSR count). The number of hydrogen-bond donors (Lipinski definition) is 2. The Kier molecular flexibility index (Phi) is 5.20. The molecule has 0 fully saturated rings. The SMILES string of the molecule is CC(O)C(Oc1ccccc1)N(C)c1cccc(CN)c1. The zero-order valence-corrected chi connectivity index (χ0v) is 12.4. The van der Waals surface area contributed by atoms with Gasteiger partial charge in [-0.2, -0.15) is 0 Å². The quantitative estimate of drug-likeness (QED) is 0.800. The largest absolute Gasteiger partial charge is 0.468 e. The molecule has 2 atom stereocenters. The molecule has 0 aliphatic rings. The van der Waals surface area contributed by atoms with E-state index < -0.39 is 12.3 Å². The molecule has 0 spiro atoms. The highest BCUT2D eigenvalue weighted by atomic mass is 16.5. The van der Waals surface area contributed by atoms with Gasteiger partial charge in [0.25, 0.3) is 0 Å². The van der Waals surface area contributed by atoms with E-state index in [2.05, 4.69) is 0 Å². The molecule has 112 valence electrons. The van der Waals surface area contributed by atoms with Crippen molar-refractivity contribution in [3.63, 3.8) is 0 Å². The summed E-state index contributed by atoms with van der Waals surface area (Å²) in [5.41, 5.74) is 7.68. The molecule has 21 heavy (non-hydrogen) atoms. The molecule has 4 nitrogen and oxygen atoms in total. The Labute approximate surface area is 125 Å². The first kappa shape index (κ1) is 15.4. The van der Waals surface area contributed by atoms with E-state index in [1.807, 2.05) is 66.5 Å². The van der Waals surface area contributed by atoms with Crippen molar-refractivity contribution in [1.29, 1.82) is 0 Å². The highest BCUT2D eigenvalue weighted by molar-refractivity contribution is 5.49. The molecule has 0 saturated heterocycles. The molecule has 0 saturated carbocycles. The third-order valence-corrected chi connectivity index (χ3v) is 3.35. The Morgan fingerprint density at radius 3 is 2.48 bits per heavy atom. The maximum atomic E-state index is 10.0. The summed E-state index contributed by atoms with van der Waals surface area (Å²) in [4.78, 5) is 1.91. The van der Waals surface area contributed by atoms with Crippen LogP contribution >= 0.6 is 0 Å². The van der Waals surface area contributed by atoms with Gasteiger partial charge < -0.3 is 20.5 Å². The first-order valence-corrected chi connectivity index (χ1v) is 7.03. The number of rotatable bonds is 6. The van der Waals surface area contributed by atoms with Gasteiger partial charge in [0.15, 0.2) is 6.23 Å². The number of nitrogens with zero attached hydrogens (tertiary/aromatic N) is 1. The van der Waals surface area contributed by atoms with Gasteiger partial charge in [0.1, 0.15) is 11.9 Å². The molecule has 0 aromatic heterocycles. The van der Waals surface area contributed by atoms with E-state index >= 15 is 0 Å². The maximum Gasteiger partial charge on any atom is 0.197 e. The van der Waals surface area contributed by atoms with E-state index in [4.69, 9.17) is 10.5 Å². The predicted octanol–water partition coefficient (Wildman–Crippen LogP) is 2.37. The highest BCUT2D eigenvalue weighted by Crippen LogP contribution is 2.21. The Hall–Kier alpha value is -2.04. The van der Waals surface area contributed by atoms with Crippen LogP contribution in [0.4, 0.5) is 5.69 Å². The summed E-state index contributed by atoms with van der Waals surface area (Å²) in [6.45, 7) is 2.21. The standard InChI is InChI=1S/C17H22N2O2/c1-13(20)17(21-16-9-4-3-5-10-16)19(2)15-8-6-7-14(11-15)12-18/h3-11,13,17,20H,12,18H2,1-2H3. The number of nitrogens with two attached hydrogens (primary N) is 1. The second kappa shape index (κ2) is 7.11. The first-order chi connectivity index (χ1) is 10.1. The van der Waals surface area contributed by atoms with Crippen LogP contribution in [0.15, 0.2) is 54.6 Å². The van der Waals surface area contributed by atoms with E-state index in [0.717, 1.165) is 17.0 Å². The second-order valence-corrected chi connectivity index (χ2v) is 5.05. The van der Waals surface area contributed by atoms with Crippen LogP contribution in [0.3, 0.4) is 0 Å². The second-order valence-electron chi connectivity index (χ2n) is 5.05. The molecule has 0 bridgehead atoms. The molecule has 4 heteroatoms. The number of hydrogen-bond acceptors (Lipinski definition) is 4. The summed E-state index contributed by atoms with van der Waals surface area (Å²) in [7, 11) is 1.90. The average Bonchev–Trinajstić information content (AvgIpc) is 2.52. The van der Waals surface area contributed by atoms with Crippen molar-refractivity contribution in [2.24, 2.45) is 5.73 Å². The summed E-state index contributed by atoms with van der Waals surface area (Å²) < 4.78 is 5.91. The number of likely N-dealkylation sites (N-methyl/N-ethyl adjacent to an activating group) is 1. The number of anilines is 1. The van der Waals surface area contributed by atoms with Crippen molar-refractivity contribution >= 4 is 5.69 Å². The summed E-state index contributed by atoms with van der Waals surface area (Å²) >= 11 is 0. The average molecular weight is 286 g/mol. The fraction of sp³-hybridized carbons (Fsp3) is 0.294. The lowest BCUT2D eigenvalue weighted by Gasteiger charge is -2.32. The smallest absolute Gasteiger partial charge is 0.197 e. The minimum Gasteiger partial charge on any atom is -0.468 e. The lowest BCUT2D eigenvalue weighted by molar-refractivity contribution is 0.0495. The minimum absolute atomic E-state index is 0.472. The van der Waals surface area contributed by atoms with E-state index in [1.54, 1.807) is 6.92 Å². The van der Waals surface area contributed by atoms with Crippen molar-refractivity contribution in [2.75, 3.05) is 11.9 Å². The predicted molar refractivity (Wildman–Crippen MR) is 85.3 cm³/mol. The molecule has 0 amide bonds. The van der Waals surface area contributed by atoms with Crippen LogP contribution in [0, 0.1) is 0 Å². The van der Waals surface area contributed by atoms with Crippen molar-refractivity contribution in [3.05, 3.63) is 60.2 Å². The molecule has 2 unspecified atom stereocenters.